The number of ether oxygens (including phenoxy) is 2. The normalized spacial score (nSPS) is 22.7. The SMILES string of the molecule is COc1ccccc1-c1cc(=O)n(CC2(OC)CC[N-]CC23CCCC3)cn1.Fc1ccc(F)c(C2CNCC[N-]2)c1.[Y]. The minimum atomic E-state index is -0.415. The Morgan fingerprint density at radius 2 is 1.86 bits per heavy atom. The first-order valence-electron chi connectivity index (χ1n) is 14.6. The maximum Gasteiger partial charge on any atom is 0.253 e. The minimum absolute atomic E-state index is 0. The molecule has 1 aliphatic carbocycles. The summed E-state index contributed by atoms with van der Waals surface area (Å²) >= 11 is 0. The van der Waals surface area contributed by atoms with Gasteiger partial charge in [-0.1, -0.05) is 31.0 Å². The number of piperidine rings is 1. The maximum absolute atomic E-state index is 13.3. The van der Waals surface area contributed by atoms with Gasteiger partial charge in [-0.05, 0) is 73.7 Å². The first-order valence-corrected chi connectivity index (χ1v) is 14.6. The van der Waals surface area contributed by atoms with Crippen molar-refractivity contribution in [2.75, 3.05) is 46.9 Å². The van der Waals surface area contributed by atoms with Crippen molar-refractivity contribution in [1.82, 2.24) is 14.9 Å². The molecule has 1 radical (unpaired) electrons. The second-order valence-corrected chi connectivity index (χ2v) is 11.3. The number of para-hydroxylation sites is 1. The average Bonchev–Trinajstić information content (AvgIpc) is 3.51. The zero-order chi connectivity index (χ0) is 29.6. The first-order chi connectivity index (χ1) is 20.4. The number of piperazine rings is 1. The third-order valence-electron chi connectivity index (χ3n) is 8.99. The Morgan fingerprint density at radius 3 is 2.56 bits per heavy atom. The van der Waals surface area contributed by atoms with Gasteiger partial charge in [0.05, 0.1) is 31.3 Å². The predicted molar refractivity (Wildman–Crippen MR) is 159 cm³/mol. The van der Waals surface area contributed by atoms with Crippen LogP contribution >= 0.6 is 0 Å². The van der Waals surface area contributed by atoms with Gasteiger partial charge in [0.2, 0.25) is 0 Å². The van der Waals surface area contributed by atoms with Crippen LogP contribution in [0.3, 0.4) is 0 Å². The molecule has 1 spiro atoms. The van der Waals surface area contributed by atoms with Crippen molar-refractivity contribution in [2.24, 2.45) is 5.41 Å². The summed E-state index contributed by atoms with van der Waals surface area (Å²) < 4.78 is 39.4. The van der Waals surface area contributed by atoms with Crippen LogP contribution in [0.25, 0.3) is 21.9 Å². The van der Waals surface area contributed by atoms with Crippen molar-refractivity contribution < 1.29 is 51.0 Å². The fourth-order valence-corrected chi connectivity index (χ4v) is 6.66. The van der Waals surface area contributed by atoms with E-state index in [9.17, 15) is 13.6 Å². The van der Waals surface area contributed by atoms with E-state index in [-0.39, 0.29) is 61.1 Å². The van der Waals surface area contributed by atoms with E-state index < -0.39 is 5.82 Å². The molecule has 2 unspecified atom stereocenters. The smallest absolute Gasteiger partial charge is 0.253 e. The van der Waals surface area contributed by atoms with Gasteiger partial charge >= 0.3 is 0 Å². The summed E-state index contributed by atoms with van der Waals surface area (Å²) in [6, 6.07) is 12.4. The molecule has 2 saturated heterocycles. The Hall–Kier alpha value is -2.08. The topological polar surface area (TPSA) is 93.6 Å². The molecule has 0 amide bonds. The Kier molecular flexibility index (Phi) is 12.0. The van der Waals surface area contributed by atoms with Crippen LogP contribution in [0.4, 0.5) is 8.78 Å². The van der Waals surface area contributed by atoms with Crippen molar-refractivity contribution in [3.63, 3.8) is 0 Å². The number of hydrogen-bond acceptors (Lipinski definition) is 5. The molecule has 8 nitrogen and oxygen atoms in total. The molecule has 6 rings (SSSR count). The van der Waals surface area contributed by atoms with Gasteiger partial charge in [-0.3, -0.25) is 9.36 Å². The summed E-state index contributed by atoms with van der Waals surface area (Å²) in [5, 5.41) is 12.0. The van der Waals surface area contributed by atoms with E-state index in [0.717, 1.165) is 56.6 Å². The third-order valence-corrected chi connectivity index (χ3v) is 8.99. The number of methoxy groups -OCH3 is 2. The number of halogens is 2. The second-order valence-electron chi connectivity index (χ2n) is 11.3. The number of benzene rings is 2. The van der Waals surface area contributed by atoms with Gasteiger partial charge in [0.15, 0.2) is 0 Å². The van der Waals surface area contributed by atoms with E-state index in [2.05, 4.69) is 15.6 Å². The molecule has 2 aliphatic heterocycles. The monoisotopic (exact) mass is 668 g/mol. The minimum Gasteiger partial charge on any atom is -0.662 e. The van der Waals surface area contributed by atoms with Gasteiger partial charge in [-0.25, -0.2) is 13.8 Å². The van der Waals surface area contributed by atoms with Crippen LogP contribution < -0.4 is 15.6 Å². The standard InChI is InChI=1S/C22H28N3O3.C10H11F2N2.Y/c1-27-19-8-4-3-7-17(19)18-13-20(26)25(16-24-18)15-22(28-2)11-12-23-14-21(22)9-5-6-10-21;11-7-1-2-9(12)8(5-7)10-6-13-3-4-14-10;/h3-4,7-8,13,16H,5-6,9-12,14-15H2,1-2H3;1-2,5,10,13H,3-4,6H2;/q2*-1;. The Morgan fingerprint density at radius 1 is 1.07 bits per heavy atom. The number of nitrogens with zero attached hydrogens (tertiary/aromatic N) is 4. The van der Waals surface area contributed by atoms with E-state index >= 15 is 0 Å². The Labute approximate surface area is 277 Å². The van der Waals surface area contributed by atoms with Crippen LogP contribution in [0.1, 0.15) is 43.7 Å². The third kappa shape index (κ3) is 7.43. The van der Waals surface area contributed by atoms with Crippen LogP contribution in [0.2, 0.25) is 0 Å². The Bertz CT molecular complexity index is 1410. The molecule has 3 fully saturated rings. The fraction of sp³-hybridized carbons (Fsp3) is 0.500. The largest absolute Gasteiger partial charge is 0.662 e. The molecule has 2 aromatic carbocycles. The molecule has 3 heterocycles. The second kappa shape index (κ2) is 15.3. The van der Waals surface area contributed by atoms with Crippen LogP contribution in [0, 0.1) is 17.0 Å². The van der Waals surface area contributed by atoms with E-state index in [1.165, 1.54) is 18.9 Å². The molecular weight excluding hydrogens is 629 g/mol. The van der Waals surface area contributed by atoms with Crippen molar-refractivity contribution >= 4 is 0 Å². The van der Waals surface area contributed by atoms with E-state index in [0.29, 0.717) is 36.6 Å². The molecule has 3 aromatic rings. The summed E-state index contributed by atoms with van der Waals surface area (Å²) in [7, 11) is 3.41. The van der Waals surface area contributed by atoms with E-state index in [1.54, 1.807) is 31.2 Å². The van der Waals surface area contributed by atoms with Crippen LogP contribution in [-0.2, 0) is 44.0 Å². The molecule has 2 atom stereocenters. The summed E-state index contributed by atoms with van der Waals surface area (Å²) in [6.07, 6.45) is 7.15. The van der Waals surface area contributed by atoms with Gasteiger partial charge in [0, 0.05) is 51.4 Å². The molecule has 1 saturated carbocycles. The summed E-state index contributed by atoms with van der Waals surface area (Å²) in [4.78, 5) is 17.5. The number of rotatable bonds is 6. The van der Waals surface area contributed by atoms with Crippen LogP contribution in [0.5, 0.6) is 5.75 Å². The number of aromatic nitrogens is 2. The van der Waals surface area contributed by atoms with Crippen molar-refractivity contribution in [3.05, 3.63) is 93.0 Å². The Balaban J connectivity index is 0.000000238. The predicted octanol–water partition coefficient (Wildman–Crippen LogP) is 5.62. The van der Waals surface area contributed by atoms with Gasteiger partial charge in [-0.2, -0.15) is 0 Å². The van der Waals surface area contributed by atoms with E-state index in [4.69, 9.17) is 14.8 Å². The molecule has 3 aliphatic rings. The molecule has 229 valence electrons. The molecule has 1 N–H and O–H groups in total. The summed E-state index contributed by atoms with van der Waals surface area (Å²) in [5.41, 5.74) is 1.41. The van der Waals surface area contributed by atoms with Gasteiger partial charge in [0.1, 0.15) is 17.4 Å². The van der Waals surface area contributed by atoms with Gasteiger partial charge < -0.3 is 25.4 Å². The molecule has 0 bridgehead atoms. The molecule has 1 aromatic heterocycles. The zero-order valence-electron chi connectivity index (χ0n) is 24.9. The number of hydrogen-bond donors (Lipinski definition) is 1. The molecular formula is C32H39F2N5O3Y-2. The van der Waals surface area contributed by atoms with Crippen molar-refractivity contribution in [1.29, 1.82) is 0 Å². The van der Waals surface area contributed by atoms with Crippen LogP contribution in [0.15, 0.2) is 59.7 Å². The van der Waals surface area contributed by atoms with Gasteiger partial charge in [0.25, 0.3) is 5.56 Å². The van der Waals surface area contributed by atoms with Crippen LogP contribution in [-0.4, -0.2) is 62.1 Å². The molecule has 11 heteroatoms. The maximum atomic E-state index is 13.3. The first kappa shape index (κ1) is 33.8. The average molecular weight is 669 g/mol. The van der Waals surface area contributed by atoms with E-state index in [1.807, 2.05) is 24.3 Å². The quantitative estimate of drug-likeness (QED) is 0.368. The summed E-state index contributed by atoms with van der Waals surface area (Å²) in [5.74, 6) is -0.0923. The number of nitrogens with one attached hydrogen (secondary N) is 1. The van der Waals surface area contributed by atoms with Gasteiger partial charge in [-0.15, -0.1) is 19.6 Å². The summed E-state index contributed by atoms with van der Waals surface area (Å²) in [6.45, 7) is 4.20. The van der Waals surface area contributed by atoms with Crippen molar-refractivity contribution in [3.8, 4) is 17.0 Å². The molecule has 43 heavy (non-hydrogen) atoms. The fourth-order valence-electron chi connectivity index (χ4n) is 6.66. The zero-order valence-corrected chi connectivity index (χ0v) is 27.7. The van der Waals surface area contributed by atoms with Crippen molar-refractivity contribution in [2.45, 2.75) is 50.3 Å².